The molecule has 0 saturated heterocycles. The predicted molar refractivity (Wildman–Crippen MR) is 112 cm³/mol. The molecule has 2 amide bonds. The molecule has 5 atom stereocenters. The summed E-state index contributed by atoms with van der Waals surface area (Å²) in [5.41, 5.74) is 1.13. The first kappa shape index (κ1) is 20.8. The summed E-state index contributed by atoms with van der Waals surface area (Å²) in [6, 6.07) is 10.1. The van der Waals surface area contributed by atoms with Gasteiger partial charge in [-0.15, -0.1) is 0 Å². The van der Waals surface area contributed by atoms with E-state index in [1.807, 2.05) is 44.3 Å². The van der Waals surface area contributed by atoms with Gasteiger partial charge in [0.25, 0.3) is 0 Å². The lowest BCUT2D eigenvalue weighted by molar-refractivity contribution is -0.126. The molecule has 5 unspecified atom stereocenters. The van der Waals surface area contributed by atoms with E-state index >= 15 is 0 Å². The lowest BCUT2D eigenvalue weighted by Crippen LogP contribution is -2.47. The van der Waals surface area contributed by atoms with E-state index in [1.54, 1.807) is 0 Å². The highest BCUT2D eigenvalue weighted by Crippen LogP contribution is 2.45. The Morgan fingerprint density at radius 1 is 1.11 bits per heavy atom. The van der Waals surface area contributed by atoms with Gasteiger partial charge in [0.05, 0.1) is 6.04 Å². The van der Waals surface area contributed by atoms with Gasteiger partial charge in [-0.2, -0.15) is 0 Å². The summed E-state index contributed by atoms with van der Waals surface area (Å²) in [5, 5.41) is 9.49. The quantitative estimate of drug-likeness (QED) is 0.676. The minimum Gasteiger partial charge on any atom is -0.352 e. The van der Waals surface area contributed by atoms with Crippen molar-refractivity contribution in [3.8, 4) is 0 Å². The van der Waals surface area contributed by atoms with E-state index in [4.69, 9.17) is 0 Å². The minimum absolute atomic E-state index is 0.0810. The lowest BCUT2D eigenvalue weighted by Gasteiger charge is -2.27. The average Bonchev–Trinajstić information content (AvgIpc) is 2.99. The number of benzene rings is 1. The van der Waals surface area contributed by atoms with Crippen LogP contribution in [0.1, 0.15) is 57.4 Å². The zero-order chi connectivity index (χ0) is 19.9. The van der Waals surface area contributed by atoms with Gasteiger partial charge in [0, 0.05) is 18.5 Å². The molecule has 28 heavy (non-hydrogen) atoms. The van der Waals surface area contributed by atoms with E-state index in [-0.39, 0.29) is 29.8 Å². The molecule has 0 heterocycles. The first-order chi connectivity index (χ1) is 13.6. The van der Waals surface area contributed by atoms with Crippen molar-refractivity contribution < 1.29 is 9.59 Å². The molecule has 2 fully saturated rings. The van der Waals surface area contributed by atoms with Crippen molar-refractivity contribution in [2.75, 3.05) is 7.05 Å². The first-order valence-electron chi connectivity index (χ1n) is 10.9. The number of rotatable bonds is 7. The largest absolute Gasteiger partial charge is 0.352 e. The van der Waals surface area contributed by atoms with Gasteiger partial charge in [-0.3, -0.25) is 9.59 Å². The van der Waals surface area contributed by atoms with Crippen LogP contribution < -0.4 is 16.0 Å². The molecule has 2 saturated carbocycles. The number of carbonyl (C=O) groups excluding carboxylic acids is 2. The summed E-state index contributed by atoms with van der Waals surface area (Å²) in [7, 11) is 1.83. The zero-order valence-electron chi connectivity index (χ0n) is 17.2. The second kappa shape index (κ2) is 10.1. The fourth-order valence-electron chi connectivity index (χ4n) is 5.13. The van der Waals surface area contributed by atoms with Crippen LogP contribution in [-0.2, 0) is 16.1 Å². The highest BCUT2D eigenvalue weighted by molar-refractivity contribution is 5.82. The SMILES string of the molecule is CCC(NC)C(=O)NC1CCCC2CCC(C(=O)NCc3ccccc3)C2C1. The number of amides is 2. The molecule has 5 heteroatoms. The first-order valence-corrected chi connectivity index (χ1v) is 10.9. The molecule has 2 aliphatic rings. The van der Waals surface area contributed by atoms with E-state index in [9.17, 15) is 9.59 Å². The Bertz CT molecular complexity index is 645. The topological polar surface area (TPSA) is 70.2 Å². The molecule has 0 spiro atoms. The second-order valence-electron chi connectivity index (χ2n) is 8.43. The Labute approximate surface area is 169 Å². The van der Waals surface area contributed by atoms with Crippen LogP contribution in [0.25, 0.3) is 0 Å². The van der Waals surface area contributed by atoms with Crippen LogP contribution in [0.15, 0.2) is 30.3 Å². The number of nitrogens with one attached hydrogen (secondary N) is 3. The summed E-state index contributed by atoms with van der Waals surface area (Å²) >= 11 is 0. The molecular formula is C23H35N3O2. The molecule has 2 aliphatic carbocycles. The third-order valence-corrected chi connectivity index (χ3v) is 6.72. The summed E-state index contributed by atoms with van der Waals surface area (Å²) in [6.07, 6.45) is 7.18. The van der Waals surface area contributed by atoms with Crippen LogP contribution in [0.2, 0.25) is 0 Å². The Kier molecular flexibility index (Phi) is 7.49. The summed E-state index contributed by atoms with van der Waals surface area (Å²) in [5.74, 6) is 1.37. The molecule has 0 radical (unpaired) electrons. The zero-order valence-corrected chi connectivity index (χ0v) is 17.2. The molecule has 3 rings (SSSR count). The third kappa shape index (κ3) is 5.13. The summed E-state index contributed by atoms with van der Waals surface area (Å²) < 4.78 is 0. The van der Waals surface area contributed by atoms with Crippen molar-refractivity contribution in [2.45, 2.75) is 70.5 Å². The minimum atomic E-state index is -0.132. The van der Waals surface area contributed by atoms with Crippen molar-refractivity contribution >= 4 is 11.8 Å². The predicted octanol–water partition coefficient (Wildman–Crippen LogP) is 3.00. The third-order valence-electron chi connectivity index (χ3n) is 6.72. The molecule has 0 bridgehead atoms. The standard InChI is InChI=1S/C23H35N3O2/c1-3-21(24-2)23(28)26-18-11-7-10-17-12-13-19(20(17)14-18)22(27)25-15-16-8-5-4-6-9-16/h4-6,8-9,17-21,24H,3,7,10-15H2,1-2H3,(H,25,27)(H,26,28). The number of hydrogen-bond acceptors (Lipinski definition) is 3. The second-order valence-corrected chi connectivity index (χ2v) is 8.43. The maximum atomic E-state index is 12.9. The van der Waals surface area contributed by atoms with E-state index in [1.165, 1.54) is 6.42 Å². The number of carbonyl (C=O) groups is 2. The van der Waals surface area contributed by atoms with E-state index in [2.05, 4.69) is 16.0 Å². The average molecular weight is 386 g/mol. The van der Waals surface area contributed by atoms with Gasteiger partial charge < -0.3 is 16.0 Å². The van der Waals surface area contributed by atoms with Crippen molar-refractivity contribution in [1.82, 2.24) is 16.0 Å². The number of fused-ring (bicyclic) bond motifs is 1. The monoisotopic (exact) mass is 385 g/mol. The van der Waals surface area contributed by atoms with Gasteiger partial charge in [0.1, 0.15) is 0 Å². The molecule has 1 aromatic rings. The molecular weight excluding hydrogens is 350 g/mol. The van der Waals surface area contributed by atoms with Crippen LogP contribution in [0.3, 0.4) is 0 Å². The van der Waals surface area contributed by atoms with Crippen molar-refractivity contribution in [3.05, 3.63) is 35.9 Å². The summed E-state index contributed by atoms with van der Waals surface area (Å²) in [4.78, 5) is 25.4. The van der Waals surface area contributed by atoms with E-state index < -0.39 is 0 Å². The molecule has 0 aliphatic heterocycles. The van der Waals surface area contributed by atoms with Crippen LogP contribution in [0.4, 0.5) is 0 Å². The number of hydrogen-bond donors (Lipinski definition) is 3. The Hall–Kier alpha value is -1.88. The fraction of sp³-hybridized carbons (Fsp3) is 0.652. The maximum absolute atomic E-state index is 12.9. The summed E-state index contributed by atoms with van der Waals surface area (Å²) in [6.45, 7) is 2.61. The highest BCUT2D eigenvalue weighted by atomic mass is 16.2. The van der Waals surface area contributed by atoms with Crippen LogP contribution in [-0.4, -0.2) is 30.9 Å². The highest BCUT2D eigenvalue weighted by Gasteiger charge is 2.42. The van der Waals surface area contributed by atoms with Crippen LogP contribution in [0, 0.1) is 17.8 Å². The van der Waals surface area contributed by atoms with Gasteiger partial charge >= 0.3 is 0 Å². The van der Waals surface area contributed by atoms with Gasteiger partial charge in [-0.1, -0.05) is 50.1 Å². The Morgan fingerprint density at radius 2 is 1.89 bits per heavy atom. The van der Waals surface area contributed by atoms with Crippen LogP contribution >= 0.6 is 0 Å². The van der Waals surface area contributed by atoms with Crippen LogP contribution in [0.5, 0.6) is 0 Å². The van der Waals surface area contributed by atoms with Gasteiger partial charge in [-0.25, -0.2) is 0 Å². The molecule has 5 nitrogen and oxygen atoms in total. The Balaban J connectivity index is 1.58. The molecule has 3 N–H and O–H groups in total. The Morgan fingerprint density at radius 3 is 2.61 bits per heavy atom. The molecule has 0 aromatic heterocycles. The molecule has 154 valence electrons. The normalized spacial score (nSPS) is 28.1. The molecule has 1 aromatic carbocycles. The van der Waals surface area contributed by atoms with Crippen molar-refractivity contribution in [3.63, 3.8) is 0 Å². The van der Waals surface area contributed by atoms with E-state index in [0.717, 1.165) is 44.1 Å². The lowest BCUT2D eigenvalue weighted by atomic mass is 9.84. The van der Waals surface area contributed by atoms with Gasteiger partial charge in [0.15, 0.2) is 0 Å². The fourth-order valence-corrected chi connectivity index (χ4v) is 5.13. The van der Waals surface area contributed by atoms with Gasteiger partial charge in [0.2, 0.25) is 11.8 Å². The van der Waals surface area contributed by atoms with E-state index in [0.29, 0.717) is 18.4 Å². The number of likely N-dealkylation sites (N-methyl/N-ethyl adjacent to an activating group) is 1. The van der Waals surface area contributed by atoms with Crippen molar-refractivity contribution in [1.29, 1.82) is 0 Å². The smallest absolute Gasteiger partial charge is 0.237 e. The maximum Gasteiger partial charge on any atom is 0.237 e. The van der Waals surface area contributed by atoms with Gasteiger partial charge in [-0.05, 0) is 56.6 Å². The van der Waals surface area contributed by atoms with Crippen molar-refractivity contribution in [2.24, 2.45) is 17.8 Å².